The highest BCUT2D eigenvalue weighted by atomic mass is 16.5. The molecular formula is C14H22N4O2. The molecule has 6 heteroatoms. The van der Waals surface area contributed by atoms with Crippen LogP contribution in [0.2, 0.25) is 0 Å². The summed E-state index contributed by atoms with van der Waals surface area (Å²) in [5.74, 6) is 1.79. The van der Waals surface area contributed by atoms with E-state index in [2.05, 4.69) is 20.8 Å². The Labute approximate surface area is 118 Å². The summed E-state index contributed by atoms with van der Waals surface area (Å²) in [5.41, 5.74) is -0.595. The predicted octanol–water partition coefficient (Wildman–Crippen LogP) is 1.08. The lowest BCUT2D eigenvalue weighted by atomic mass is 9.80. The minimum atomic E-state index is -0.607. The highest BCUT2D eigenvalue weighted by Gasteiger charge is 2.51. The number of nitrogens with one attached hydrogen (secondary N) is 2. The summed E-state index contributed by atoms with van der Waals surface area (Å²) in [6.07, 6.45) is 3.55. The molecule has 0 bridgehead atoms. The van der Waals surface area contributed by atoms with E-state index in [0.717, 1.165) is 25.4 Å². The standard InChI is InChI=1S/C14H22N4O2/c1-9(19)17-13(2,3)11-16-12(20-18-11)14-6-4-5-10(14)7-15-8-14/h10,15H,4-8H2,1-3H3,(H,17,19)/t10-,14-/m1/s1. The molecule has 2 fully saturated rings. The summed E-state index contributed by atoms with van der Waals surface area (Å²) >= 11 is 0. The Morgan fingerprint density at radius 3 is 3.10 bits per heavy atom. The van der Waals surface area contributed by atoms with Gasteiger partial charge >= 0.3 is 0 Å². The number of nitrogens with zero attached hydrogens (tertiary/aromatic N) is 2. The lowest BCUT2D eigenvalue weighted by Crippen LogP contribution is -2.40. The molecule has 2 atom stereocenters. The predicted molar refractivity (Wildman–Crippen MR) is 73.0 cm³/mol. The zero-order valence-corrected chi connectivity index (χ0v) is 12.3. The third-order valence-electron chi connectivity index (χ3n) is 4.69. The molecule has 0 aromatic carbocycles. The van der Waals surface area contributed by atoms with Crippen LogP contribution in [0.1, 0.15) is 51.7 Å². The second-order valence-corrected chi connectivity index (χ2v) is 6.61. The number of rotatable bonds is 3. The molecule has 1 amide bonds. The Bertz CT molecular complexity index is 513. The number of hydrogen-bond acceptors (Lipinski definition) is 5. The van der Waals surface area contributed by atoms with Crippen molar-refractivity contribution >= 4 is 5.91 Å². The minimum Gasteiger partial charge on any atom is -0.344 e. The summed E-state index contributed by atoms with van der Waals surface area (Å²) in [4.78, 5) is 15.9. The van der Waals surface area contributed by atoms with Crippen LogP contribution >= 0.6 is 0 Å². The monoisotopic (exact) mass is 278 g/mol. The second kappa shape index (κ2) is 4.55. The number of aromatic nitrogens is 2. The molecule has 1 aliphatic carbocycles. The van der Waals surface area contributed by atoms with Crippen LogP contribution in [0.25, 0.3) is 0 Å². The number of carbonyl (C=O) groups excluding carboxylic acids is 1. The van der Waals surface area contributed by atoms with E-state index < -0.39 is 5.54 Å². The van der Waals surface area contributed by atoms with Gasteiger partial charge in [0.25, 0.3) is 0 Å². The van der Waals surface area contributed by atoms with E-state index in [1.165, 1.54) is 19.8 Å². The molecule has 2 N–H and O–H groups in total. The summed E-state index contributed by atoms with van der Waals surface area (Å²) in [5, 5.41) is 10.4. The number of hydrogen-bond donors (Lipinski definition) is 2. The number of fused-ring (bicyclic) bond motifs is 1. The Hall–Kier alpha value is -1.43. The van der Waals surface area contributed by atoms with Crippen molar-refractivity contribution < 1.29 is 9.32 Å². The molecule has 20 heavy (non-hydrogen) atoms. The van der Waals surface area contributed by atoms with Gasteiger partial charge in [0.1, 0.15) is 0 Å². The Morgan fingerprint density at radius 1 is 1.55 bits per heavy atom. The van der Waals surface area contributed by atoms with Gasteiger partial charge in [-0.1, -0.05) is 11.6 Å². The molecule has 1 saturated carbocycles. The van der Waals surface area contributed by atoms with Gasteiger partial charge in [-0.15, -0.1) is 0 Å². The third kappa shape index (κ3) is 2.02. The van der Waals surface area contributed by atoms with Crippen molar-refractivity contribution in [2.45, 2.75) is 51.0 Å². The first-order chi connectivity index (χ1) is 9.44. The van der Waals surface area contributed by atoms with Crippen molar-refractivity contribution in [2.24, 2.45) is 5.92 Å². The highest BCUT2D eigenvalue weighted by molar-refractivity contribution is 5.73. The van der Waals surface area contributed by atoms with Crippen molar-refractivity contribution in [1.82, 2.24) is 20.8 Å². The van der Waals surface area contributed by atoms with Crippen LogP contribution in [0.15, 0.2) is 4.52 Å². The van der Waals surface area contributed by atoms with Gasteiger partial charge in [0, 0.05) is 13.5 Å². The third-order valence-corrected chi connectivity index (χ3v) is 4.69. The van der Waals surface area contributed by atoms with E-state index >= 15 is 0 Å². The van der Waals surface area contributed by atoms with Crippen LogP contribution in [-0.2, 0) is 15.7 Å². The van der Waals surface area contributed by atoms with Gasteiger partial charge in [0.05, 0.1) is 11.0 Å². The molecule has 6 nitrogen and oxygen atoms in total. The molecule has 3 rings (SSSR count). The smallest absolute Gasteiger partial charge is 0.234 e. The van der Waals surface area contributed by atoms with Crippen molar-refractivity contribution in [1.29, 1.82) is 0 Å². The van der Waals surface area contributed by atoms with Crippen molar-refractivity contribution in [2.75, 3.05) is 13.1 Å². The van der Waals surface area contributed by atoms with Crippen molar-refractivity contribution in [3.63, 3.8) is 0 Å². The molecule has 110 valence electrons. The van der Waals surface area contributed by atoms with E-state index in [1.807, 2.05) is 13.8 Å². The molecule has 0 unspecified atom stereocenters. The van der Waals surface area contributed by atoms with E-state index in [4.69, 9.17) is 4.52 Å². The van der Waals surface area contributed by atoms with Gasteiger partial charge in [-0.05, 0) is 39.2 Å². The van der Waals surface area contributed by atoms with Crippen LogP contribution < -0.4 is 10.6 Å². The summed E-state index contributed by atoms with van der Waals surface area (Å²) in [6, 6.07) is 0. The first kappa shape index (κ1) is 13.5. The molecule has 2 aliphatic rings. The lowest BCUT2D eigenvalue weighted by Gasteiger charge is -2.24. The Kier molecular flexibility index (Phi) is 3.08. The number of carbonyl (C=O) groups is 1. The lowest BCUT2D eigenvalue weighted by molar-refractivity contribution is -0.120. The molecule has 0 radical (unpaired) electrons. The highest BCUT2D eigenvalue weighted by Crippen LogP contribution is 2.47. The van der Waals surface area contributed by atoms with Gasteiger partial charge in [0.15, 0.2) is 5.82 Å². The van der Waals surface area contributed by atoms with Gasteiger partial charge in [-0.25, -0.2) is 0 Å². The van der Waals surface area contributed by atoms with Crippen LogP contribution in [-0.4, -0.2) is 29.1 Å². The molecule has 2 heterocycles. The van der Waals surface area contributed by atoms with Gasteiger partial charge in [0.2, 0.25) is 11.8 Å². The molecule has 1 aromatic rings. The molecule has 1 aromatic heterocycles. The fourth-order valence-corrected chi connectivity index (χ4v) is 3.68. The van der Waals surface area contributed by atoms with E-state index in [-0.39, 0.29) is 11.3 Å². The topological polar surface area (TPSA) is 80.0 Å². The normalized spacial score (nSPS) is 29.4. The quantitative estimate of drug-likeness (QED) is 0.865. The van der Waals surface area contributed by atoms with Crippen LogP contribution in [0.4, 0.5) is 0 Å². The van der Waals surface area contributed by atoms with E-state index in [9.17, 15) is 4.79 Å². The Balaban J connectivity index is 1.89. The van der Waals surface area contributed by atoms with E-state index in [1.54, 1.807) is 0 Å². The van der Waals surface area contributed by atoms with Gasteiger partial charge in [-0.3, -0.25) is 4.79 Å². The zero-order valence-electron chi connectivity index (χ0n) is 12.3. The fraction of sp³-hybridized carbons (Fsp3) is 0.786. The average molecular weight is 278 g/mol. The van der Waals surface area contributed by atoms with Gasteiger partial charge in [-0.2, -0.15) is 4.98 Å². The van der Waals surface area contributed by atoms with E-state index in [0.29, 0.717) is 11.7 Å². The van der Waals surface area contributed by atoms with Crippen molar-refractivity contribution in [3.8, 4) is 0 Å². The van der Waals surface area contributed by atoms with Crippen LogP contribution in [0, 0.1) is 5.92 Å². The zero-order chi connectivity index (χ0) is 14.4. The largest absolute Gasteiger partial charge is 0.344 e. The van der Waals surface area contributed by atoms with Gasteiger partial charge < -0.3 is 15.2 Å². The fourth-order valence-electron chi connectivity index (χ4n) is 3.68. The maximum atomic E-state index is 11.3. The average Bonchev–Trinajstić information content (AvgIpc) is 3.01. The molecule has 1 saturated heterocycles. The first-order valence-electron chi connectivity index (χ1n) is 7.28. The molecule has 1 aliphatic heterocycles. The van der Waals surface area contributed by atoms with Crippen molar-refractivity contribution in [3.05, 3.63) is 11.7 Å². The molecule has 0 spiro atoms. The second-order valence-electron chi connectivity index (χ2n) is 6.61. The SMILES string of the molecule is CC(=O)NC(C)(C)c1noc([C@@]23CCC[C@@H]2CNC3)n1. The number of amides is 1. The molecular weight excluding hydrogens is 256 g/mol. The summed E-state index contributed by atoms with van der Waals surface area (Å²) < 4.78 is 5.57. The van der Waals surface area contributed by atoms with Crippen LogP contribution in [0.3, 0.4) is 0 Å². The Morgan fingerprint density at radius 2 is 2.35 bits per heavy atom. The first-order valence-corrected chi connectivity index (χ1v) is 7.28. The summed E-state index contributed by atoms with van der Waals surface area (Å²) in [7, 11) is 0. The maximum Gasteiger partial charge on any atom is 0.234 e. The minimum absolute atomic E-state index is 0.0115. The van der Waals surface area contributed by atoms with Crippen LogP contribution in [0.5, 0.6) is 0 Å². The summed E-state index contributed by atoms with van der Waals surface area (Å²) in [6.45, 7) is 7.22. The maximum absolute atomic E-state index is 11.3.